The van der Waals surface area contributed by atoms with Crippen molar-refractivity contribution >= 4 is 5.91 Å². The molecule has 0 heterocycles. The van der Waals surface area contributed by atoms with Crippen LogP contribution in [0.4, 0.5) is 0 Å². The molecule has 1 saturated carbocycles. The lowest BCUT2D eigenvalue weighted by Crippen LogP contribution is -2.36. The third-order valence-electron chi connectivity index (χ3n) is 2.81. The highest BCUT2D eigenvalue weighted by atomic mass is 16.1. The Morgan fingerprint density at radius 1 is 1.33 bits per heavy atom. The molecule has 1 rings (SSSR count). The van der Waals surface area contributed by atoms with Crippen molar-refractivity contribution in [1.29, 1.82) is 5.26 Å². The number of hydrogen-bond donors (Lipinski definition) is 2. The van der Waals surface area contributed by atoms with Crippen molar-refractivity contribution in [2.45, 2.75) is 32.1 Å². The second-order valence-corrected chi connectivity index (χ2v) is 4.07. The maximum atomic E-state index is 11.1. The topological polar surface area (TPSA) is 64.9 Å². The van der Waals surface area contributed by atoms with Gasteiger partial charge in [-0.15, -0.1) is 0 Å². The van der Waals surface area contributed by atoms with E-state index in [4.69, 9.17) is 5.26 Å². The summed E-state index contributed by atoms with van der Waals surface area (Å²) in [5.74, 6) is 0.648. The van der Waals surface area contributed by atoms with Crippen molar-refractivity contribution in [2.75, 3.05) is 19.6 Å². The normalized spacial score (nSPS) is 17.0. The molecule has 0 aromatic rings. The summed E-state index contributed by atoms with van der Waals surface area (Å²) in [7, 11) is 0. The lowest BCUT2D eigenvalue weighted by molar-refractivity contribution is -0.120. The number of nitrogens with one attached hydrogen (secondary N) is 2. The molecule has 0 aliphatic heterocycles. The predicted molar refractivity (Wildman–Crippen MR) is 58.1 cm³/mol. The monoisotopic (exact) mass is 209 g/mol. The molecule has 1 aliphatic rings. The third-order valence-corrected chi connectivity index (χ3v) is 2.81. The number of nitrogens with zero attached hydrogens (tertiary/aromatic N) is 1. The van der Waals surface area contributed by atoms with E-state index in [-0.39, 0.29) is 12.5 Å². The van der Waals surface area contributed by atoms with E-state index in [1.54, 1.807) is 0 Å². The number of nitriles is 1. The summed E-state index contributed by atoms with van der Waals surface area (Å²) in [5, 5.41) is 13.9. The smallest absolute Gasteiger partial charge is 0.234 e. The maximum absolute atomic E-state index is 11.1. The first-order chi connectivity index (χ1) is 7.33. The Morgan fingerprint density at radius 3 is 2.73 bits per heavy atom. The van der Waals surface area contributed by atoms with E-state index >= 15 is 0 Å². The molecule has 0 radical (unpaired) electrons. The fraction of sp³-hybridized carbons (Fsp3) is 0.818. The van der Waals surface area contributed by atoms with Gasteiger partial charge in [-0.3, -0.25) is 4.79 Å². The molecule has 1 aliphatic carbocycles. The molecule has 4 heteroatoms. The van der Waals surface area contributed by atoms with Crippen LogP contribution in [0, 0.1) is 17.2 Å². The molecule has 0 spiro atoms. The van der Waals surface area contributed by atoms with Gasteiger partial charge in [-0.25, -0.2) is 0 Å². The molecule has 1 amide bonds. The average molecular weight is 209 g/mol. The van der Waals surface area contributed by atoms with Crippen LogP contribution in [0.3, 0.4) is 0 Å². The Kier molecular flexibility index (Phi) is 5.79. The molecule has 15 heavy (non-hydrogen) atoms. The minimum atomic E-state index is -0.0904. The fourth-order valence-corrected chi connectivity index (χ4v) is 1.98. The summed E-state index contributed by atoms with van der Waals surface area (Å²) >= 11 is 0. The van der Waals surface area contributed by atoms with E-state index in [0.29, 0.717) is 6.54 Å². The molecular formula is C11H19N3O. The molecule has 0 bridgehead atoms. The van der Waals surface area contributed by atoms with Gasteiger partial charge in [0.05, 0.1) is 12.6 Å². The van der Waals surface area contributed by atoms with E-state index in [1.807, 2.05) is 6.07 Å². The van der Waals surface area contributed by atoms with Gasteiger partial charge >= 0.3 is 0 Å². The number of carbonyl (C=O) groups is 1. The first-order valence-electron chi connectivity index (χ1n) is 5.67. The second kappa shape index (κ2) is 7.24. The van der Waals surface area contributed by atoms with Crippen molar-refractivity contribution < 1.29 is 4.79 Å². The maximum Gasteiger partial charge on any atom is 0.234 e. The van der Waals surface area contributed by atoms with Crippen molar-refractivity contribution in [3.63, 3.8) is 0 Å². The van der Waals surface area contributed by atoms with E-state index in [0.717, 1.165) is 12.5 Å². The largest absolute Gasteiger partial charge is 0.342 e. The lowest BCUT2D eigenvalue weighted by atomic mass is 9.89. The van der Waals surface area contributed by atoms with E-state index in [9.17, 15) is 4.79 Å². The predicted octanol–water partition coefficient (Wildman–Crippen LogP) is 0.796. The highest BCUT2D eigenvalue weighted by Crippen LogP contribution is 2.22. The number of rotatable bonds is 5. The molecule has 4 nitrogen and oxygen atoms in total. The molecule has 2 N–H and O–H groups in total. The van der Waals surface area contributed by atoms with E-state index in [2.05, 4.69) is 10.6 Å². The summed E-state index contributed by atoms with van der Waals surface area (Å²) in [6.45, 7) is 1.36. The zero-order valence-corrected chi connectivity index (χ0v) is 9.09. The first-order valence-corrected chi connectivity index (χ1v) is 5.67. The summed E-state index contributed by atoms with van der Waals surface area (Å²) in [6.07, 6.45) is 6.58. The lowest BCUT2D eigenvalue weighted by Gasteiger charge is -2.21. The fourth-order valence-electron chi connectivity index (χ4n) is 1.98. The van der Waals surface area contributed by atoms with Gasteiger partial charge in [0.1, 0.15) is 6.54 Å². The highest BCUT2D eigenvalue weighted by Gasteiger charge is 2.12. The summed E-state index contributed by atoms with van der Waals surface area (Å²) in [6, 6.07) is 1.88. The molecule has 0 atom stereocenters. The van der Waals surface area contributed by atoms with Crippen molar-refractivity contribution in [3.05, 3.63) is 0 Å². The second-order valence-electron chi connectivity index (χ2n) is 4.07. The Bertz CT molecular complexity index is 228. The Labute approximate surface area is 91.0 Å². The molecule has 84 valence electrons. The Hall–Kier alpha value is -1.08. The minimum absolute atomic E-state index is 0.0904. The molecule has 0 saturated heterocycles. The quantitative estimate of drug-likeness (QED) is 0.658. The van der Waals surface area contributed by atoms with Crippen LogP contribution in [-0.2, 0) is 4.79 Å². The molecule has 0 aromatic carbocycles. The molecule has 0 aromatic heterocycles. The summed E-state index contributed by atoms with van der Waals surface area (Å²) < 4.78 is 0. The average Bonchev–Trinajstić information content (AvgIpc) is 2.28. The minimum Gasteiger partial charge on any atom is -0.342 e. The zero-order valence-electron chi connectivity index (χ0n) is 9.09. The standard InChI is InChI=1S/C11H19N3O/c12-6-7-14-11(15)9-13-8-10-4-2-1-3-5-10/h10,13H,1-5,7-9H2,(H,14,15). The molecule has 1 fully saturated rings. The van der Waals surface area contributed by atoms with E-state index in [1.165, 1.54) is 32.1 Å². The van der Waals surface area contributed by atoms with Crippen LogP contribution in [0.1, 0.15) is 32.1 Å². The van der Waals surface area contributed by atoms with Crippen molar-refractivity contribution in [2.24, 2.45) is 5.92 Å². The van der Waals surface area contributed by atoms with Gasteiger partial charge in [-0.2, -0.15) is 5.26 Å². The van der Waals surface area contributed by atoms with E-state index < -0.39 is 0 Å². The van der Waals surface area contributed by atoms with Crippen LogP contribution >= 0.6 is 0 Å². The van der Waals surface area contributed by atoms with Crippen LogP contribution in [0.5, 0.6) is 0 Å². The Balaban J connectivity index is 2.00. The van der Waals surface area contributed by atoms with Crippen LogP contribution in [0.2, 0.25) is 0 Å². The summed E-state index contributed by atoms with van der Waals surface area (Å²) in [5.41, 5.74) is 0. The SMILES string of the molecule is N#CCNC(=O)CNCC1CCCCC1. The highest BCUT2D eigenvalue weighted by molar-refractivity contribution is 5.78. The number of amides is 1. The summed E-state index contributed by atoms with van der Waals surface area (Å²) in [4.78, 5) is 11.1. The van der Waals surface area contributed by atoms with Gasteiger partial charge in [0, 0.05) is 0 Å². The molecule has 0 unspecified atom stereocenters. The number of carbonyl (C=O) groups excluding carboxylic acids is 1. The van der Waals surface area contributed by atoms with Gasteiger partial charge < -0.3 is 10.6 Å². The van der Waals surface area contributed by atoms with Crippen LogP contribution < -0.4 is 10.6 Å². The van der Waals surface area contributed by atoms with Crippen molar-refractivity contribution in [1.82, 2.24) is 10.6 Å². The van der Waals surface area contributed by atoms with Crippen LogP contribution in [0.15, 0.2) is 0 Å². The zero-order chi connectivity index (χ0) is 10.9. The van der Waals surface area contributed by atoms with Gasteiger partial charge in [-0.05, 0) is 25.3 Å². The first kappa shape index (κ1) is 12.0. The van der Waals surface area contributed by atoms with Gasteiger partial charge in [0.2, 0.25) is 5.91 Å². The van der Waals surface area contributed by atoms with Gasteiger partial charge in [0.15, 0.2) is 0 Å². The Morgan fingerprint density at radius 2 is 2.07 bits per heavy atom. The third kappa shape index (κ3) is 5.38. The van der Waals surface area contributed by atoms with Gasteiger partial charge in [0.25, 0.3) is 0 Å². The number of hydrogen-bond acceptors (Lipinski definition) is 3. The molecular weight excluding hydrogens is 190 g/mol. The van der Waals surface area contributed by atoms with Gasteiger partial charge in [-0.1, -0.05) is 19.3 Å². The van der Waals surface area contributed by atoms with Crippen LogP contribution in [-0.4, -0.2) is 25.5 Å². The van der Waals surface area contributed by atoms with Crippen LogP contribution in [0.25, 0.3) is 0 Å². The van der Waals surface area contributed by atoms with Crippen molar-refractivity contribution in [3.8, 4) is 6.07 Å².